The number of anilines is 1. The molecule has 2 aromatic carbocycles. The van der Waals surface area contributed by atoms with Crippen LogP contribution in [0.1, 0.15) is 49.7 Å². The van der Waals surface area contributed by atoms with Crippen molar-refractivity contribution in [2.75, 3.05) is 5.32 Å². The SMILES string of the molecule is C[C@H](NC(=O)c1ccccc1NC(=O)C(C)(C)C)c1ccccc1. The highest BCUT2D eigenvalue weighted by Crippen LogP contribution is 2.21. The van der Waals surface area contributed by atoms with E-state index in [1.165, 1.54) is 0 Å². The molecular formula is C20H24N2O2. The maximum atomic E-state index is 12.6. The van der Waals surface area contributed by atoms with Crippen LogP contribution in [0.4, 0.5) is 5.69 Å². The number of nitrogens with one attached hydrogen (secondary N) is 2. The van der Waals surface area contributed by atoms with E-state index < -0.39 is 5.41 Å². The molecule has 1 atom stereocenters. The molecule has 2 amide bonds. The lowest BCUT2D eigenvalue weighted by Crippen LogP contribution is -2.31. The summed E-state index contributed by atoms with van der Waals surface area (Å²) in [6.07, 6.45) is 0. The number of amides is 2. The van der Waals surface area contributed by atoms with Gasteiger partial charge >= 0.3 is 0 Å². The third-order valence-corrected chi connectivity index (χ3v) is 3.75. The first kappa shape index (κ1) is 17.7. The van der Waals surface area contributed by atoms with Gasteiger partial charge in [-0.1, -0.05) is 63.2 Å². The predicted octanol–water partition coefficient (Wildman–Crippen LogP) is 4.16. The molecule has 0 saturated heterocycles. The predicted molar refractivity (Wildman–Crippen MR) is 96.8 cm³/mol. The van der Waals surface area contributed by atoms with Gasteiger partial charge in [-0.2, -0.15) is 0 Å². The first-order valence-corrected chi connectivity index (χ1v) is 8.05. The Labute approximate surface area is 143 Å². The van der Waals surface area contributed by atoms with E-state index in [1.807, 2.05) is 58.0 Å². The molecule has 2 aromatic rings. The van der Waals surface area contributed by atoms with Crippen molar-refractivity contribution in [1.29, 1.82) is 0 Å². The van der Waals surface area contributed by atoms with E-state index in [0.717, 1.165) is 5.56 Å². The van der Waals surface area contributed by atoms with Crippen LogP contribution in [0.5, 0.6) is 0 Å². The third-order valence-electron chi connectivity index (χ3n) is 3.75. The van der Waals surface area contributed by atoms with Crippen molar-refractivity contribution in [3.8, 4) is 0 Å². The summed E-state index contributed by atoms with van der Waals surface area (Å²) < 4.78 is 0. The Kier molecular flexibility index (Phi) is 5.39. The number of carbonyl (C=O) groups excluding carboxylic acids is 2. The van der Waals surface area contributed by atoms with Crippen molar-refractivity contribution in [2.45, 2.75) is 33.7 Å². The molecule has 0 spiro atoms. The fraction of sp³-hybridized carbons (Fsp3) is 0.300. The summed E-state index contributed by atoms with van der Waals surface area (Å²) in [5, 5.41) is 5.82. The summed E-state index contributed by atoms with van der Waals surface area (Å²) in [6.45, 7) is 7.44. The molecule has 0 aromatic heterocycles. The van der Waals surface area contributed by atoms with Gasteiger partial charge in [0.25, 0.3) is 5.91 Å². The van der Waals surface area contributed by atoms with Crippen LogP contribution >= 0.6 is 0 Å². The zero-order valence-electron chi connectivity index (χ0n) is 14.6. The van der Waals surface area contributed by atoms with Crippen molar-refractivity contribution >= 4 is 17.5 Å². The van der Waals surface area contributed by atoms with Crippen molar-refractivity contribution in [1.82, 2.24) is 5.32 Å². The molecule has 24 heavy (non-hydrogen) atoms. The quantitative estimate of drug-likeness (QED) is 0.887. The molecule has 0 fully saturated rings. The Morgan fingerprint density at radius 1 is 0.917 bits per heavy atom. The highest BCUT2D eigenvalue weighted by atomic mass is 16.2. The molecule has 0 saturated carbocycles. The normalized spacial score (nSPS) is 12.3. The maximum absolute atomic E-state index is 12.6. The van der Waals surface area contributed by atoms with E-state index in [2.05, 4.69) is 10.6 Å². The summed E-state index contributed by atoms with van der Waals surface area (Å²) in [5.74, 6) is -0.338. The third kappa shape index (κ3) is 4.44. The second-order valence-corrected chi connectivity index (χ2v) is 6.86. The molecule has 2 rings (SSSR count). The largest absolute Gasteiger partial charge is 0.345 e. The Morgan fingerprint density at radius 3 is 2.12 bits per heavy atom. The lowest BCUT2D eigenvalue weighted by atomic mass is 9.95. The first-order chi connectivity index (χ1) is 11.3. The molecule has 126 valence electrons. The highest BCUT2D eigenvalue weighted by Gasteiger charge is 2.23. The van der Waals surface area contributed by atoms with Crippen LogP contribution in [0.3, 0.4) is 0 Å². The summed E-state index contributed by atoms with van der Waals surface area (Å²) in [6, 6.07) is 16.7. The zero-order chi connectivity index (χ0) is 17.7. The van der Waals surface area contributed by atoms with E-state index >= 15 is 0 Å². The zero-order valence-corrected chi connectivity index (χ0v) is 14.6. The Morgan fingerprint density at radius 2 is 1.50 bits per heavy atom. The van der Waals surface area contributed by atoms with E-state index in [-0.39, 0.29) is 17.9 Å². The van der Waals surface area contributed by atoms with Gasteiger partial charge in [-0.05, 0) is 24.6 Å². The molecule has 0 radical (unpaired) electrons. The van der Waals surface area contributed by atoms with Crippen molar-refractivity contribution in [3.63, 3.8) is 0 Å². The first-order valence-electron chi connectivity index (χ1n) is 8.05. The van der Waals surface area contributed by atoms with Crippen LogP contribution in [-0.2, 0) is 4.79 Å². The molecule has 0 aliphatic heterocycles. The number of benzene rings is 2. The minimum atomic E-state index is -0.527. The van der Waals surface area contributed by atoms with Gasteiger partial charge in [0.1, 0.15) is 0 Å². The summed E-state index contributed by atoms with van der Waals surface area (Å²) in [5.41, 5.74) is 1.48. The number of hydrogen-bond acceptors (Lipinski definition) is 2. The molecule has 2 N–H and O–H groups in total. The van der Waals surface area contributed by atoms with Gasteiger partial charge in [0, 0.05) is 5.41 Å². The van der Waals surface area contributed by atoms with Crippen molar-refractivity contribution < 1.29 is 9.59 Å². The summed E-state index contributed by atoms with van der Waals surface area (Å²) >= 11 is 0. The highest BCUT2D eigenvalue weighted by molar-refractivity contribution is 6.04. The summed E-state index contributed by atoms with van der Waals surface area (Å²) in [4.78, 5) is 24.8. The van der Waals surface area contributed by atoms with Crippen LogP contribution < -0.4 is 10.6 Å². The number of hydrogen-bond donors (Lipinski definition) is 2. The minimum absolute atomic E-state index is 0.120. The molecule has 0 heterocycles. The van der Waals surface area contributed by atoms with Crippen molar-refractivity contribution in [2.24, 2.45) is 5.41 Å². The number of para-hydroxylation sites is 1. The van der Waals surface area contributed by atoms with Gasteiger partial charge in [0.2, 0.25) is 5.91 Å². The molecule has 4 nitrogen and oxygen atoms in total. The lowest BCUT2D eigenvalue weighted by Gasteiger charge is -2.20. The molecule has 0 bridgehead atoms. The van der Waals surface area contributed by atoms with Gasteiger partial charge in [0.05, 0.1) is 17.3 Å². The molecule has 0 unspecified atom stereocenters. The van der Waals surface area contributed by atoms with Gasteiger partial charge in [-0.3, -0.25) is 9.59 Å². The number of carbonyl (C=O) groups is 2. The van der Waals surface area contributed by atoms with E-state index in [4.69, 9.17) is 0 Å². The Balaban J connectivity index is 2.17. The molecular weight excluding hydrogens is 300 g/mol. The number of rotatable bonds is 4. The van der Waals surface area contributed by atoms with Gasteiger partial charge < -0.3 is 10.6 Å². The van der Waals surface area contributed by atoms with Crippen LogP contribution in [0.2, 0.25) is 0 Å². The lowest BCUT2D eigenvalue weighted by molar-refractivity contribution is -0.123. The van der Waals surface area contributed by atoms with Crippen LogP contribution in [0, 0.1) is 5.41 Å². The Hall–Kier alpha value is -2.62. The van der Waals surface area contributed by atoms with Crippen molar-refractivity contribution in [3.05, 3.63) is 65.7 Å². The van der Waals surface area contributed by atoms with E-state index in [1.54, 1.807) is 24.3 Å². The minimum Gasteiger partial charge on any atom is -0.345 e. The molecule has 4 heteroatoms. The molecule has 0 aliphatic rings. The van der Waals surface area contributed by atoms with Gasteiger partial charge in [-0.15, -0.1) is 0 Å². The summed E-state index contributed by atoms with van der Waals surface area (Å²) in [7, 11) is 0. The van der Waals surface area contributed by atoms with E-state index in [9.17, 15) is 9.59 Å². The Bertz CT molecular complexity index is 718. The topological polar surface area (TPSA) is 58.2 Å². The fourth-order valence-corrected chi connectivity index (χ4v) is 2.20. The molecule has 0 aliphatic carbocycles. The average Bonchev–Trinajstić information content (AvgIpc) is 2.55. The standard InChI is InChI=1S/C20H24N2O2/c1-14(15-10-6-5-7-11-15)21-18(23)16-12-8-9-13-17(16)22-19(24)20(2,3)4/h5-14H,1-4H3,(H,21,23)(H,22,24)/t14-/m0/s1. The van der Waals surface area contributed by atoms with Gasteiger partial charge in [-0.25, -0.2) is 0 Å². The van der Waals surface area contributed by atoms with Crippen LogP contribution in [0.15, 0.2) is 54.6 Å². The van der Waals surface area contributed by atoms with E-state index in [0.29, 0.717) is 11.3 Å². The maximum Gasteiger partial charge on any atom is 0.253 e. The fourth-order valence-electron chi connectivity index (χ4n) is 2.20. The second-order valence-electron chi connectivity index (χ2n) is 6.86. The average molecular weight is 324 g/mol. The van der Waals surface area contributed by atoms with Crippen LogP contribution in [0.25, 0.3) is 0 Å². The van der Waals surface area contributed by atoms with Crippen LogP contribution in [-0.4, -0.2) is 11.8 Å². The smallest absolute Gasteiger partial charge is 0.253 e. The second kappa shape index (κ2) is 7.30. The monoisotopic (exact) mass is 324 g/mol. The van der Waals surface area contributed by atoms with Gasteiger partial charge in [0.15, 0.2) is 0 Å².